The van der Waals surface area contributed by atoms with Crippen molar-refractivity contribution < 1.29 is 0 Å². The Morgan fingerprint density at radius 3 is 2.19 bits per heavy atom. The van der Waals surface area contributed by atoms with Gasteiger partial charge in [-0.1, -0.05) is 33.1 Å². The van der Waals surface area contributed by atoms with Crippen LogP contribution in [0.1, 0.15) is 46.0 Å². The van der Waals surface area contributed by atoms with Crippen molar-refractivity contribution in [3.63, 3.8) is 0 Å². The summed E-state index contributed by atoms with van der Waals surface area (Å²) in [5.41, 5.74) is 6.11. The van der Waals surface area contributed by atoms with Gasteiger partial charge in [-0.15, -0.1) is 0 Å². The average Bonchev–Trinajstić information content (AvgIpc) is 2.61. The summed E-state index contributed by atoms with van der Waals surface area (Å²) in [6, 6.07) is 0.500. The second-order valence-corrected chi connectivity index (χ2v) is 5.64. The van der Waals surface area contributed by atoms with E-state index in [1.165, 1.54) is 32.1 Å². The van der Waals surface area contributed by atoms with Crippen molar-refractivity contribution in [1.82, 2.24) is 4.90 Å². The lowest BCUT2D eigenvalue weighted by Crippen LogP contribution is -2.37. The highest BCUT2D eigenvalue weighted by Crippen LogP contribution is 2.23. The number of guanidine groups is 1. The molecule has 92 valence electrons. The minimum absolute atomic E-state index is 0.500. The fourth-order valence-electron chi connectivity index (χ4n) is 2.80. The number of hydrogen-bond acceptors (Lipinski definition) is 1. The monoisotopic (exact) mass is 223 g/mol. The zero-order valence-electron chi connectivity index (χ0n) is 10.7. The first kappa shape index (κ1) is 11.7. The Morgan fingerprint density at radius 1 is 1.06 bits per heavy atom. The van der Waals surface area contributed by atoms with Crippen molar-refractivity contribution in [2.24, 2.45) is 22.6 Å². The maximum Gasteiger partial charge on any atom is 0.191 e. The summed E-state index contributed by atoms with van der Waals surface area (Å²) in [7, 11) is 0. The second kappa shape index (κ2) is 5.07. The van der Waals surface area contributed by atoms with Crippen molar-refractivity contribution >= 4 is 5.96 Å². The molecule has 2 aliphatic rings. The molecule has 1 saturated carbocycles. The first-order valence-corrected chi connectivity index (χ1v) is 6.75. The molecule has 0 spiro atoms. The summed E-state index contributed by atoms with van der Waals surface area (Å²) in [5, 5.41) is 0. The molecule has 2 atom stereocenters. The van der Waals surface area contributed by atoms with E-state index in [2.05, 4.69) is 18.7 Å². The summed E-state index contributed by atoms with van der Waals surface area (Å²) in [6.07, 6.45) is 6.51. The van der Waals surface area contributed by atoms with Gasteiger partial charge in [-0.25, -0.2) is 4.99 Å². The number of hydrogen-bond donors (Lipinski definition) is 1. The van der Waals surface area contributed by atoms with Crippen LogP contribution in [0.4, 0.5) is 0 Å². The van der Waals surface area contributed by atoms with Gasteiger partial charge in [0, 0.05) is 13.1 Å². The molecule has 0 amide bonds. The van der Waals surface area contributed by atoms with Gasteiger partial charge >= 0.3 is 0 Å². The molecule has 3 heteroatoms. The molecule has 3 nitrogen and oxygen atoms in total. The molecule has 1 saturated heterocycles. The fraction of sp³-hybridized carbons (Fsp3) is 0.923. The largest absolute Gasteiger partial charge is 0.370 e. The minimum Gasteiger partial charge on any atom is -0.370 e. The van der Waals surface area contributed by atoms with Gasteiger partial charge in [-0.3, -0.25) is 0 Å². The predicted molar refractivity (Wildman–Crippen MR) is 68.4 cm³/mol. The molecule has 0 radical (unpaired) electrons. The van der Waals surface area contributed by atoms with Crippen LogP contribution >= 0.6 is 0 Å². The van der Waals surface area contributed by atoms with Gasteiger partial charge in [-0.05, 0) is 24.7 Å². The molecular formula is C13H25N3. The van der Waals surface area contributed by atoms with Gasteiger partial charge in [-0.2, -0.15) is 0 Å². The average molecular weight is 223 g/mol. The normalized spacial score (nSPS) is 33.4. The molecule has 1 heterocycles. The van der Waals surface area contributed by atoms with Gasteiger partial charge in [0.15, 0.2) is 5.96 Å². The topological polar surface area (TPSA) is 41.6 Å². The van der Waals surface area contributed by atoms with E-state index >= 15 is 0 Å². The Bertz CT molecular complexity index is 246. The third-order valence-electron chi connectivity index (χ3n) is 4.20. The van der Waals surface area contributed by atoms with Crippen LogP contribution in [-0.2, 0) is 0 Å². The maximum atomic E-state index is 6.11. The van der Waals surface area contributed by atoms with E-state index in [9.17, 15) is 0 Å². The minimum atomic E-state index is 0.500. The summed E-state index contributed by atoms with van der Waals surface area (Å²) >= 11 is 0. The Hall–Kier alpha value is -0.730. The standard InChI is InChI=1S/C13H25N3/c1-10-8-16(9-11(10)2)13(14)15-12-6-4-3-5-7-12/h10-12H,3-9H2,1-2H3,(H2,14,15). The van der Waals surface area contributed by atoms with E-state index in [0.717, 1.165) is 30.9 Å². The smallest absolute Gasteiger partial charge is 0.191 e. The lowest BCUT2D eigenvalue weighted by Gasteiger charge is -2.22. The Morgan fingerprint density at radius 2 is 1.62 bits per heavy atom. The highest BCUT2D eigenvalue weighted by molar-refractivity contribution is 5.78. The van der Waals surface area contributed by atoms with Crippen LogP contribution in [0, 0.1) is 11.8 Å². The Kier molecular flexibility index (Phi) is 3.72. The van der Waals surface area contributed by atoms with Gasteiger partial charge in [0.25, 0.3) is 0 Å². The quantitative estimate of drug-likeness (QED) is 0.547. The van der Waals surface area contributed by atoms with Crippen molar-refractivity contribution in [3.8, 4) is 0 Å². The van der Waals surface area contributed by atoms with E-state index in [-0.39, 0.29) is 0 Å². The number of rotatable bonds is 1. The highest BCUT2D eigenvalue weighted by atomic mass is 15.3. The Balaban J connectivity index is 1.91. The summed E-state index contributed by atoms with van der Waals surface area (Å²) < 4.78 is 0. The SMILES string of the molecule is CC1CN(C(N)=NC2CCCCC2)CC1C. The molecular weight excluding hydrogens is 198 g/mol. The summed E-state index contributed by atoms with van der Waals surface area (Å²) in [5.74, 6) is 2.29. The number of nitrogens with zero attached hydrogens (tertiary/aromatic N) is 2. The number of likely N-dealkylation sites (tertiary alicyclic amines) is 1. The first-order valence-electron chi connectivity index (χ1n) is 6.75. The number of nitrogens with two attached hydrogens (primary N) is 1. The van der Waals surface area contributed by atoms with Gasteiger partial charge in [0.1, 0.15) is 0 Å². The van der Waals surface area contributed by atoms with Crippen molar-refractivity contribution in [3.05, 3.63) is 0 Å². The molecule has 2 fully saturated rings. The van der Waals surface area contributed by atoms with Crippen LogP contribution in [0.15, 0.2) is 4.99 Å². The van der Waals surface area contributed by atoms with Crippen molar-refractivity contribution in [2.75, 3.05) is 13.1 Å². The third kappa shape index (κ3) is 2.69. The molecule has 2 rings (SSSR count). The molecule has 0 bridgehead atoms. The van der Waals surface area contributed by atoms with Crippen LogP contribution in [0.25, 0.3) is 0 Å². The molecule has 1 aliphatic heterocycles. The lowest BCUT2D eigenvalue weighted by molar-refractivity contribution is 0.427. The van der Waals surface area contributed by atoms with Crippen LogP contribution in [0.5, 0.6) is 0 Å². The number of aliphatic imine (C=N–C) groups is 1. The predicted octanol–water partition coefficient (Wildman–Crippen LogP) is 2.22. The summed E-state index contributed by atoms with van der Waals surface area (Å²) in [6.45, 7) is 6.78. The molecule has 0 aromatic rings. The molecule has 0 aromatic carbocycles. The molecule has 2 N–H and O–H groups in total. The van der Waals surface area contributed by atoms with E-state index < -0.39 is 0 Å². The third-order valence-corrected chi connectivity index (χ3v) is 4.20. The molecule has 1 aliphatic carbocycles. The van der Waals surface area contributed by atoms with Crippen LogP contribution in [0.3, 0.4) is 0 Å². The first-order chi connectivity index (χ1) is 7.66. The zero-order valence-corrected chi connectivity index (χ0v) is 10.7. The molecule has 0 aromatic heterocycles. The Labute approximate surface area is 99.1 Å². The van der Waals surface area contributed by atoms with Gasteiger partial charge < -0.3 is 10.6 Å². The second-order valence-electron chi connectivity index (χ2n) is 5.64. The molecule has 16 heavy (non-hydrogen) atoms. The molecule has 2 unspecified atom stereocenters. The fourth-order valence-corrected chi connectivity index (χ4v) is 2.80. The van der Waals surface area contributed by atoms with E-state index in [0.29, 0.717) is 6.04 Å². The van der Waals surface area contributed by atoms with E-state index in [1.54, 1.807) is 0 Å². The van der Waals surface area contributed by atoms with Gasteiger partial charge in [0.05, 0.1) is 6.04 Å². The van der Waals surface area contributed by atoms with Gasteiger partial charge in [0.2, 0.25) is 0 Å². The van der Waals surface area contributed by atoms with Crippen LogP contribution in [0.2, 0.25) is 0 Å². The zero-order chi connectivity index (χ0) is 11.5. The lowest BCUT2D eigenvalue weighted by atomic mass is 9.96. The maximum absolute atomic E-state index is 6.11. The van der Waals surface area contributed by atoms with Crippen molar-refractivity contribution in [2.45, 2.75) is 52.0 Å². The summed E-state index contributed by atoms with van der Waals surface area (Å²) in [4.78, 5) is 6.98. The van der Waals surface area contributed by atoms with Crippen molar-refractivity contribution in [1.29, 1.82) is 0 Å². The van der Waals surface area contributed by atoms with E-state index in [4.69, 9.17) is 10.7 Å². The van der Waals surface area contributed by atoms with Crippen LogP contribution in [-0.4, -0.2) is 30.0 Å². The van der Waals surface area contributed by atoms with E-state index in [1.807, 2.05) is 0 Å². The highest BCUT2D eigenvalue weighted by Gasteiger charge is 2.27. The van der Waals surface area contributed by atoms with Crippen LogP contribution < -0.4 is 5.73 Å².